The summed E-state index contributed by atoms with van der Waals surface area (Å²) in [6, 6.07) is 11.5. The van der Waals surface area contributed by atoms with Crippen LogP contribution in [0.25, 0.3) is 0 Å². The predicted octanol–water partition coefficient (Wildman–Crippen LogP) is 4.14. The van der Waals surface area contributed by atoms with Gasteiger partial charge in [-0.2, -0.15) is 0 Å². The fourth-order valence-corrected chi connectivity index (χ4v) is 4.89. The second kappa shape index (κ2) is 8.33. The first-order valence-corrected chi connectivity index (χ1v) is 10.9. The minimum atomic E-state index is -0.696. The molecule has 1 aliphatic carbocycles. The average Bonchev–Trinajstić information content (AvgIpc) is 2.67. The zero-order chi connectivity index (χ0) is 22.2. The lowest BCUT2D eigenvalue weighted by atomic mass is 9.57. The van der Waals surface area contributed by atoms with Crippen LogP contribution >= 0.6 is 0 Å². The Labute approximate surface area is 182 Å². The van der Waals surface area contributed by atoms with E-state index in [2.05, 4.69) is 35.3 Å². The Bertz CT molecular complexity index is 992. The van der Waals surface area contributed by atoms with Gasteiger partial charge in [0.15, 0.2) is 5.78 Å². The van der Waals surface area contributed by atoms with Crippen LogP contribution in [0.4, 0.5) is 10.1 Å². The highest BCUT2D eigenvalue weighted by molar-refractivity contribution is 6.03. The largest absolute Gasteiger partial charge is 0.493 e. The van der Waals surface area contributed by atoms with Crippen molar-refractivity contribution in [1.29, 1.82) is 0 Å². The molecule has 0 bridgehead atoms. The Morgan fingerprint density at radius 3 is 2.61 bits per heavy atom. The SMILES string of the molecule is CCOc1cc(F)ccc1C(=O)C(C)NC(=O)C1CC2(C1)CN(c1ccccc1C)C2. The molecule has 1 amide bonds. The minimum absolute atomic E-state index is 0.0612. The average molecular weight is 425 g/mol. The maximum absolute atomic E-state index is 13.5. The second-order valence-corrected chi connectivity index (χ2v) is 8.92. The number of ketones is 1. The zero-order valence-electron chi connectivity index (χ0n) is 18.3. The van der Waals surface area contributed by atoms with Crippen molar-refractivity contribution in [3.63, 3.8) is 0 Å². The normalized spacial score (nSPS) is 18.1. The summed E-state index contributed by atoms with van der Waals surface area (Å²) in [5, 5.41) is 2.85. The van der Waals surface area contributed by atoms with Gasteiger partial charge in [0.25, 0.3) is 0 Å². The predicted molar refractivity (Wildman–Crippen MR) is 118 cm³/mol. The second-order valence-electron chi connectivity index (χ2n) is 8.92. The van der Waals surface area contributed by atoms with Crippen LogP contribution in [-0.4, -0.2) is 37.4 Å². The number of Topliss-reactive ketones (excluding diaryl/α,β-unsaturated/α-hetero) is 1. The van der Waals surface area contributed by atoms with Crippen molar-refractivity contribution in [2.24, 2.45) is 11.3 Å². The van der Waals surface area contributed by atoms with Crippen LogP contribution in [0, 0.1) is 24.1 Å². The molecule has 5 nitrogen and oxygen atoms in total. The minimum Gasteiger partial charge on any atom is -0.493 e. The molecule has 0 aromatic heterocycles. The van der Waals surface area contributed by atoms with Gasteiger partial charge in [0, 0.05) is 36.2 Å². The number of para-hydroxylation sites is 1. The number of hydrogen-bond donors (Lipinski definition) is 1. The summed E-state index contributed by atoms with van der Waals surface area (Å²) in [5.41, 5.74) is 3.04. The Hall–Kier alpha value is -2.89. The molecule has 1 saturated heterocycles. The van der Waals surface area contributed by atoms with Gasteiger partial charge in [-0.3, -0.25) is 9.59 Å². The van der Waals surface area contributed by atoms with Crippen LogP contribution < -0.4 is 15.0 Å². The fourth-order valence-electron chi connectivity index (χ4n) is 4.89. The number of benzene rings is 2. The molecule has 2 aliphatic rings. The number of aryl methyl sites for hydroxylation is 1. The number of nitrogens with zero attached hydrogens (tertiary/aromatic N) is 1. The highest BCUT2D eigenvalue weighted by Gasteiger charge is 2.54. The first-order chi connectivity index (χ1) is 14.8. The Kier molecular flexibility index (Phi) is 5.73. The van der Waals surface area contributed by atoms with Crippen molar-refractivity contribution < 1.29 is 18.7 Å². The van der Waals surface area contributed by atoms with Crippen molar-refractivity contribution in [3.05, 3.63) is 59.4 Å². The first kappa shape index (κ1) is 21.3. The number of carbonyl (C=O) groups excluding carboxylic acids is 2. The third-order valence-electron chi connectivity index (χ3n) is 6.50. The molecular weight excluding hydrogens is 395 g/mol. The molecule has 1 spiro atoms. The lowest BCUT2D eigenvalue weighted by Crippen LogP contribution is -2.64. The highest BCUT2D eigenvalue weighted by Crippen LogP contribution is 2.53. The molecular formula is C25H29FN2O3. The van der Waals surface area contributed by atoms with E-state index in [4.69, 9.17) is 4.74 Å². The molecule has 2 aromatic rings. The monoisotopic (exact) mass is 424 g/mol. The standard InChI is InChI=1S/C25H29FN2O3/c1-4-31-22-11-19(26)9-10-20(22)23(29)17(3)27-24(30)18-12-25(13-18)14-28(15-25)21-8-6-5-7-16(21)2/h5-11,17-18H,4,12-15H2,1-3H3,(H,27,30). The molecule has 164 valence electrons. The molecule has 1 saturated carbocycles. The zero-order valence-corrected chi connectivity index (χ0v) is 18.3. The van der Waals surface area contributed by atoms with Crippen molar-refractivity contribution in [2.45, 2.75) is 39.7 Å². The summed E-state index contributed by atoms with van der Waals surface area (Å²) in [7, 11) is 0. The van der Waals surface area contributed by atoms with E-state index in [0.29, 0.717) is 6.61 Å². The fraction of sp³-hybridized carbons (Fsp3) is 0.440. The van der Waals surface area contributed by atoms with Crippen LogP contribution in [0.15, 0.2) is 42.5 Å². The lowest BCUT2D eigenvalue weighted by molar-refractivity contribution is -0.134. The molecule has 2 aromatic carbocycles. The summed E-state index contributed by atoms with van der Waals surface area (Å²) in [6.45, 7) is 7.84. The molecule has 0 radical (unpaired) electrons. The number of hydrogen-bond acceptors (Lipinski definition) is 4. The molecule has 1 heterocycles. The van der Waals surface area contributed by atoms with Gasteiger partial charge in [-0.1, -0.05) is 18.2 Å². The summed E-state index contributed by atoms with van der Waals surface area (Å²) < 4.78 is 18.9. The van der Waals surface area contributed by atoms with Crippen LogP contribution in [0.5, 0.6) is 5.75 Å². The van der Waals surface area contributed by atoms with Gasteiger partial charge in [-0.05, 0) is 57.4 Å². The Balaban J connectivity index is 1.30. The number of nitrogens with one attached hydrogen (secondary N) is 1. The van der Waals surface area contributed by atoms with Crippen molar-refractivity contribution in [3.8, 4) is 5.75 Å². The van der Waals surface area contributed by atoms with Crippen LogP contribution in [0.3, 0.4) is 0 Å². The number of rotatable bonds is 7. The maximum atomic E-state index is 13.5. The van der Waals surface area contributed by atoms with Gasteiger partial charge in [0.2, 0.25) is 5.91 Å². The maximum Gasteiger partial charge on any atom is 0.223 e. The third-order valence-corrected chi connectivity index (χ3v) is 6.50. The number of amides is 1. The number of anilines is 1. The molecule has 1 unspecified atom stereocenters. The van der Waals surface area contributed by atoms with Crippen molar-refractivity contribution in [2.75, 3.05) is 24.6 Å². The molecule has 4 rings (SSSR count). The first-order valence-electron chi connectivity index (χ1n) is 10.9. The Morgan fingerprint density at radius 2 is 1.94 bits per heavy atom. The van der Waals surface area contributed by atoms with Gasteiger partial charge in [0.05, 0.1) is 18.2 Å². The molecule has 1 aliphatic heterocycles. The van der Waals surface area contributed by atoms with Gasteiger partial charge in [0.1, 0.15) is 11.6 Å². The van der Waals surface area contributed by atoms with Crippen molar-refractivity contribution in [1.82, 2.24) is 5.32 Å². The highest BCUT2D eigenvalue weighted by atomic mass is 19.1. The summed E-state index contributed by atoms with van der Waals surface area (Å²) in [4.78, 5) is 27.9. The Morgan fingerprint density at radius 1 is 1.23 bits per heavy atom. The molecule has 31 heavy (non-hydrogen) atoms. The summed E-state index contributed by atoms with van der Waals surface area (Å²) >= 11 is 0. The number of halogens is 1. The number of carbonyl (C=O) groups is 2. The molecule has 6 heteroatoms. The van der Waals surface area contributed by atoms with Crippen LogP contribution in [0.2, 0.25) is 0 Å². The molecule has 1 N–H and O–H groups in total. The summed E-state index contributed by atoms with van der Waals surface area (Å²) in [5.74, 6) is -0.673. The summed E-state index contributed by atoms with van der Waals surface area (Å²) in [6.07, 6.45) is 1.70. The topological polar surface area (TPSA) is 58.6 Å². The van der Waals surface area contributed by atoms with Crippen LogP contribution in [-0.2, 0) is 4.79 Å². The van der Waals surface area contributed by atoms with Crippen LogP contribution in [0.1, 0.15) is 42.6 Å². The third kappa shape index (κ3) is 4.16. The lowest BCUT2D eigenvalue weighted by Gasteiger charge is -2.59. The van der Waals surface area contributed by atoms with E-state index in [1.165, 1.54) is 29.4 Å². The van der Waals surface area contributed by atoms with Crippen molar-refractivity contribution >= 4 is 17.4 Å². The van der Waals surface area contributed by atoms with E-state index in [1.807, 2.05) is 6.07 Å². The molecule has 1 atom stereocenters. The van der Waals surface area contributed by atoms with Gasteiger partial charge in [-0.25, -0.2) is 4.39 Å². The smallest absolute Gasteiger partial charge is 0.223 e. The van der Waals surface area contributed by atoms with Gasteiger partial charge in [-0.15, -0.1) is 0 Å². The molecule has 2 fully saturated rings. The van der Waals surface area contributed by atoms with Gasteiger partial charge < -0.3 is 15.0 Å². The van der Waals surface area contributed by atoms with E-state index in [-0.39, 0.29) is 34.3 Å². The van der Waals surface area contributed by atoms with E-state index in [9.17, 15) is 14.0 Å². The van der Waals surface area contributed by atoms with E-state index in [1.54, 1.807) is 13.8 Å². The van der Waals surface area contributed by atoms with Gasteiger partial charge >= 0.3 is 0 Å². The van der Waals surface area contributed by atoms with E-state index < -0.39 is 11.9 Å². The number of ether oxygens (including phenoxy) is 1. The van der Waals surface area contributed by atoms with E-state index >= 15 is 0 Å². The quantitative estimate of drug-likeness (QED) is 0.679. The van der Waals surface area contributed by atoms with E-state index in [0.717, 1.165) is 25.9 Å².